The highest BCUT2D eigenvalue weighted by Crippen LogP contribution is 2.10. The highest BCUT2D eigenvalue weighted by molar-refractivity contribution is 7.09. The van der Waals surface area contributed by atoms with Crippen molar-refractivity contribution in [3.05, 3.63) is 76.2 Å². The minimum Gasteiger partial charge on any atom is -0.334 e. The number of hydrogen-bond donors (Lipinski definition) is 2. The second-order valence-electron chi connectivity index (χ2n) is 5.09. The molecule has 23 heavy (non-hydrogen) atoms. The molecule has 2 amide bonds. The van der Waals surface area contributed by atoms with Gasteiger partial charge in [-0.25, -0.2) is 4.79 Å². The lowest BCUT2D eigenvalue weighted by Gasteiger charge is -2.11. The number of benzene rings is 1. The molecule has 0 bridgehead atoms. The third-order valence-electron chi connectivity index (χ3n) is 3.45. The number of carbonyl (C=O) groups is 1. The van der Waals surface area contributed by atoms with Crippen LogP contribution in [-0.2, 0) is 19.6 Å². The first-order chi connectivity index (χ1) is 11.3. The predicted octanol–water partition coefficient (Wildman–Crippen LogP) is 2.99. The Balaban J connectivity index is 1.54. The second kappa shape index (κ2) is 7.60. The van der Waals surface area contributed by atoms with Crippen LogP contribution >= 0.6 is 11.3 Å². The number of thiophene rings is 1. The molecule has 0 aliphatic carbocycles. The van der Waals surface area contributed by atoms with Crippen LogP contribution in [0.5, 0.6) is 0 Å². The number of aromatic nitrogens is 2. The van der Waals surface area contributed by atoms with Gasteiger partial charge in [0.1, 0.15) is 0 Å². The van der Waals surface area contributed by atoms with Crippen LogP contribution in [-0.4, -0.2) is 15.8 Å². The van der Waals surface area contributed by atoms with Crippen LogP contribution in [0.25, 0.3) is 0 Å². The van der Waals surface area contributed by atoms with Crippen molar-refractivity contribution in [3.63, 3.8) is 0 Å². The van der Waals surface area contributed by atoms with Gasteiger partial charge in [-0.3, -0.25) is 4.68 Å². The smallest absolute Gasteiger partial charge is 0.315 e. The Kier molecular flexibility index (Phi) is 5.06. The largest absolute Gasteiger partial charge is 0.334 e. The molecule has 3 aromatic rings. The maximum Gasteiger partial charge on any atom is 0.315 e. The molecular weight excluding hydrogens is 308 g/mol. The van der Waals surface area contributed by atoms with Crippen molar-refractivity contribution < 1.29 is 4.79 Å². The number of hydrogen-bond acceptors (Lipinski definition) is 3. The molecular formula is C17H18N4OS. The number of urea groups is 1. The van der Waals surface area contributed by atoms with Crippen LogP contribution in [0.3, 0.4) is 0 Å². The van der Waals surface area contributed by atoms with Gasteiger partial charge in [0, 0.05) is 23.8 Å². The van der Waals surface area contributed by atoms with E-state index in [2.05, 4.69) is 21.8 Å². The summed E-state index contributed by atoms with van der Waals surface area (Å²) in [4.78, 5) is 13.0. The fraction of sp³-hybridized carbons (Fsp3) is 0.176. The van der Waals surface area contributed by atoms with Gasteiger partial charge < -0.3 is 10.6 Å². The normalized spacial score (nSPS) is 10.4. The van der Waals surface area contributed by atoms with Crippen LogP contribution in [0.1, 0.15) is 16.0 Å². The Morgan fingerprint density at radius 3 is 2.61 bits per heavy atom. The first kappa shape index (κ1) is 15.3. The van der Waals surface area contributed by atoms with Gasteiger partial charge in [0.15, 0.2) is 0 Å². The number of rotatable bonds is 6. The minimum absolute atomic E-state index is 0.160. The third kappa shape index (κ3) is 4.43. The molecule has 0 saturated heterocycles. The van der Waals surface area contributed by atoms with Crippen LogP contribution in [0.2, 0.25) is 0 Å². The van der Waals surface area contributed by atoms with Crippen molar-refractivity contribution in [1.82, 2.24) is 20.4 Å². The van der Waals surface area contributed by atoms with Crippen LogP contribution in [0.15, 0.2) is 60.2 Å². The standard InChI is InChI=1S/C17H18N4OS/c22-17(19-12-16-7-3-10-23-16)18-11-14-5-1-2-6-15(14)13-21-9-4-8-20-21/h1-10H,11-13H2,(H2,18,19,22). The van der Waals surface area contributed by atoms with Gasteiger partial charge in [0.25, 0.3) is 0 Å². The highest BCUT2D eigenvalue weighted by Gasteiger charge is 2.05. The Morgan fingerprint density at radius 1 is 1.04 bits per heavy atom. The van der Waals surface area contributed by atoms with E-state index in [1.54, 1.807) is 17.5 Å². The van der Waals surface area contributed by atoms with Gasteiger partial charge in [-0.05, 0) is 28.6 Å². The highest BCUT2D eigenvalue weighted by atomic mass is 32.1. The summed E-state index contributed by atoms with van der Waals surface area (Å²) in [6.07, 6.45) is 3.69. The van der Waals surface area contributed by atoms with E-state index in [0.29, 0.717) is 19.6 Å². The summed E-state index contributed by atoms with van der Waals surface area (Å²) in [5.41, 5.74) is 2.24. The first-order valence-electron chi connectivity index (χ1n) is 7.39. The maximum atomic E-state index is 11.9. The van der Waals surface area contributed by atoms with Crippen molar-refractivity contribution in [2.24, 2.45) is 0 Å². The zero-order valence-electron chi connectivity index (χ0n) is 12.6. The van der Waals surface area contributed by atoms with Gasteiger partial charge in [-0.15, -0.1) is 11.3 Å². The molecule has 0 spiro atoms. The lowest BCUT2D eigenvalue weighted by Crippen LogP contribution is -2.34. The van der Waals surface area contributed by atoms with Crippen molar-refractivity contribution in [2.45, 2.75) is 19.6 Å². The van der Waals surface area contributed by atoms with Gasteiger partial charge in [-0.1, -0.05) is 30.3 Å². The van der Waals surface area contributed by atoms with Crippen molar-refractivity contribution in [1.29, 1.82) is 0 Å². The van der Waals surface area contributed by atoms with E-state index in [0.717, 1.165) is 16.0 Å². The molecule has 2 N–H and O–H groups in total. The summed E-state index contributed by atoms with van der Waals surface area (Å²) in [6.45, 7) is 1.74. The molecule has 0 unspecified atom stereocenters. The van der Waals surface area contributed by atoms with E-state index in [1.165, 1.54) is 0 Å². The van der Waals surface area contributed by atoms with Gasteiger partial charge in [0.2, 0.25) is 0 Å². The van der Waals surface area contributed by atoms with Gasteiger partial charge in [0.05, 0.1) is 13.1 Å². The molecule has 118 valence electrons. The third-order valence-corrected chi connectivity index (χ3v) is 4.33. The van der Waals surface area contributed by atoms with E-state index in [4.69, 9.17) is 0 Å². The Bertz CT molecular complexity index is 738. The molecule has 2 aromatic heterocycles. The SMILES string of the molecule is O=C(NCc1cccs1)NCc1ccccc1Cn1cccn1. The molecule has 3 rings (SSSR count). The average Bonchev–Trinajstić information content (AvgIpc) is 3.25. The van der Waals surface area contributed by atoms with E-state index >= 15 is 0 Å². The van der Waals surface area contributed by atoms with E-state index < -0.39 is 0 Å². The Labute approximate surface area is 139 Å². The lowest BCUT2D eigenvalue weighted by molar-refractivity contribution is 0.240. The molecule has 5 nitrogen and oxygen atoms in total. The topological polar surface area (TPSA) is 59.0 Å². The molecule has 0 saturated carbocycles. The summed E-state index contributed by atoms with van der Waals surface area (Å²) in [6, 6.07) is 13.8. The minimum atomic E-state index is -0.160. The number of amides is 2. The fourth-order valence-corrected chi connectivity index (χ4v) is 2.92. The lowest BCUT2D eigenvalue weighted by atomic mass is 10.1. The van der Waals surface area contributed by atoms with Crippen molar-refractivity contribution in [3.8, 4) is 0 Å². The van der Waals surface area contributed by atoms with Gasteiger partial charge >= 0.3 is 6.03 Å². The van der Waals surface area contributed by atoms with E-state index in [-0.39, 0.29) is 6.03 Å². The van der Waals surface area contributed by atoms with Crippen LogP contribution in [0, 0.1) is 0 Å². The molecule has 0 atom stereocenters. The Hall–Kier alpha value is -2.60. The first-order valence-corrected chi connectivity index (χ1v) is 8.27. The second-order valence-corrected chi connectivity index (χ2v) is 6.12. The summed E-state index contributed by atoms with van der Waals surface area (Å²) in [5.74, 6) is 0. The van der Waals surface area contributed by atoms with Crippen LogP contribution < -0.4 is 10.6 Å². The zero-order valence-corrected chi connectivity index (χ0v) is 13.4. The fourth-order valence-electron chi connectivity index (χ4n) is 2.27. The summed E-state index contributed by atoms with van der Waals surface area (Å²) in [5, 5.41) is 12.0. The van der Waals surface area contributed by atoms with E-state index in [1.807, 2.05) is 52.7 Å². The molecule has 0 aliphatic rings. The molecule has 0 aliphatic heterocycles. The molecule has 2 heterocycles. The van der Waals surface area contributed by atoms with E-state index in [9.17, 15) is 4.79 Å². The maximum absolute atomic E-state index is 11.9. The zero-order chi connectivity index (χ0) is 15.9. The average molecular weight is 326 g/mol. The summed E-state index contributed by atoms with van der Waals surface area (Å²) in [7, 11) is 0. The predicted molar refractivity (Wildman–Crippen MR) is 91.2 cm³/mol. The van der Waals surface area contributed by atoms with Crippen molar-refractivity contribution >= 4 is 17.4 Å². The molecule has 0 fully saturated rings. The number of nitrogens with zero attached hydrogens (tertiary/aromatic N) is 2. The molecule has 1 aromatic carbocycles. The molecule has 6 heteroatoms. The molecule has 0 radical (unpaired) electrons. The summed E-state index contributed by atoms with van der Waals surface area (Å²) < 4.78 is 1.87. The summed E-state index contributed by atoms with van der Waals surface area (Å²) >= 11 is 1.63. The Morgan fingerprint density at radius 2 is 1.87 bits per heavy atom. The van der Waals surface area contributed by atoms with Crippen LogP contribution in [0.4, 0.5) is 4.79 Å². The quantitative estimate of drug-likeness (QED) is 0.731. The number of carbonyl (C=O) groups excluding carboxylic acids is 1. The van der Waals surface area contributed by atoms with Crippen molar-refractivity contribution in [2.75, 3.05) is 0 Å². The number of nitrogens with one attached hydrogen (secondary N) is 2. The monoisotopic (exact) mass is 326 g/mol. The van der Waals surface area contributed by atoms with Gasteiger partial charge in [-0.2, -0.15) is 5.10 Å².